The molecule has 1 fully saturated rings. The lowest BCUT2D eigenvalue weighted by Crippen LogP contribution is -2.26. The predicted octanol–water partition coefficient (Wildman–Crippen LogP) is 1.53. The van der Waals surface area contributed by atoms with E-state index in [0.29, 0.717) is 17.4 Å². The molecule has 0 amide bonds. The second kappa shape index (κ2) is 6.50. The molecule has 1 aliphatic heterocycles. The zero-order valence-electron chi connectivity index (χ0n) is 11.4. The molecular formula is C14H22N2O2S. The van der Waals surface area contributed by atoms with Gasteiger partial charge in [-0.25, -0.2) is 13.1 Å². The molecule has 5 heteroatoms. The Kier molecular flexibility index (Phi) is 4.96. The molecule has 0 radical (unpaired) electrons. The summed E-state index contributed by atoms with van der Waals surface area (Å²) < 4.78 is 27.0. The van der Waals surface area contributed by atoms with E-state index in [1.54, 1.807) is 18.2 Å². The van der Waals surface area contributed by atoms with Gasteiger partial charge in [0.25, 0.3) is 0 Å². The minimum absolute atomic E-state index is 0.372. The molecule has 0 saturated carbocycles. The summed E-state index contributed by atoms with van der Waals surface area (Å²) in [6.45, 7) is 4.60. The number of rotatable bonds is 6. The first-order valence-electron chi connectivity index (χ1n) is 6.91. The smallest absolute Gasteiger partial charge is 0.240 e. The normalized spacial score (nSPS) is 19.7. The van der Waals surface area contributed by atoms with Gasteiger partial charge in [0.15, 0.2) is 0 Å². The second-order valence-electron chi connectivity index (χ2n) is 5.05. The summed E-state index contributed by atoms with van der Waals surface area (Å²) >= 11 is 0. The molecule has 1 unspecified atom stereocenters. The van der Waals surface area contributed by atoms with Gasteiger partial charge in [-0.2, -0.15) is 0 Å². The van der Waals surface area contributed by atoms with Crippen LogP contribution in [0.5, 0.6) is 0 Å². The van der Waals surface area contributed by atoms with Crippen molar-refractivity contribution in [1.82, 2.24) is 10.0 Å². The lowest BCUT2D eigenvalue weighted by Gasteiger charge is -2.10. The van der Waals surface area contributed by atoms with Crippen molar-refractivity contribution in [3.63, 3.8) is 0 Å². The van der Waals surface area contributed by atoms with Crippen molar-refractivity contribution < 1.29 is 8.42 Å². The fourth-order valence-corrected chi connectivity index (χ4v) is 3.49. The molecule has 2 N–H and O–H groups in total. The number of hydrogen-bond acceptors (Lipinski definition) is 3. The standard InChI is InChI=1S/C14H22N2O2S/c1-2-12-4-3-5-14(10-12)19(17,18)16-9-7-13-6-8-15-11-13/h3-5,10,13,15-16H,2,6-9,11H2,1H3. The third-order valence-corrected chi connectivity index (χ3v) is 5.08. The zero-order valence-corrected chi connectivity index (χ0v) is 12.2. The Labute approximate surface area is 115 Å². The highest BCUT2D eigenvalue weighted by molar-refractivity contribution is 7.89. The van der Waals surface area contributed by atoms with Crippen LogP contribution in [0.25, 0.3) is 0 Å². The summed E-state index contributed by atoms with van der Waals surface area (Å²) in [6, 6.07) is 7.15. The Balaban J connectivity index is 1.93. The minimum atomic E-state index is -3.35. The number of sulfonamides is 1. The number of aryl methyl sites for hydroxylation is 1. The molecule has 1 aromatic rings. The Morgan fingerprint density at radius 3 is 2.95 bits per heavy atom. The van der Waals surface area contributed by atoms with Gasteiger partial charge in [-0.05, 0) is 56.0 Å². The van der Waals surface area contributed by atoms with Crippen molar-refractivity contribution in [3.8, 4) is 0 Å². The van der Waals surface area contributed by atoms with E-state index in [1.807, 2.05) is 13.0 Å². The van der Waals surface area contributed by atoms with Crippen LogP contribution in [0.2, 0.25) is 0 Å². The fraction of sp³-hybridized carbons (Fsp3) is 0.571. The van der Waals surface area contributed by atoms with Crippen LogP contribution < -0.4 is 10.0 Å². The van der Waals surface area contributed by atoms with Gasteiger partial charge in [-0.15, -0.1) is 0 Å². The number of benzene rings is 1. The van der Waals surface area contributed by atoms with Crippen LogP contribution in [-0.2, 0) is 16.4 Å². The van der Waals surface area contributed by atoms with Gasteiger partial charge in [0.2, 0.25) is 10.0 Å². The molecule has 0 aliphatic carbocycles. The highest BCUT2D eigenvalue weighted by Gasteiger charge is 2.17. The highest BCUT2D eigenvalue weighted by atomic mass is 32.2. The topological polar surface area (TPSA) is 58.2 Å². The molecule has 2 rings (SSSR count). The van der Waals surface area contributed by atoms with Crippen molar-refractivity contribution >= 4 is 10.0 Å². The highest BCUT2D eigenvalue weighted by Crippen LogP contribution is 2.14. The molecule has 106 valence electrons. The van der Waals surface area contributed by atoms with Crippen molar-refractivity contribution in [2.75, 3.05) is 19.6 Å². The van der Waals surface area contributed by atoms with Crippen molar-refractivity contribution in [1.29, 1.82) is 0 Å². The summed E-state index contributed by atoms with van der Waals surface area (Å²) in [5.74, 6) is 0.602. The first-order chi connectivity index (χ1) is 9.12. The molecule has 0 aromatic heterocycles. The monoisotopic (exact) mass is 282 g/mol. The van der Waals surface area contributed by atoms with Gasteiger partial charge < -0.3 is 5.32 Å². The second-order valence-corrected chi connectivity index (χ2v) is 6.81. The summed E-state index contributed by atoms with van der Waals surface area (Å²) in [4.78, 5) is 0.372. The molecule has 4 nitrogen and oxygen atoms in total. The average molecular weight is 282 g/mol. The van der Waals surface area contributed by atoms with E-state index in [4.69, 9.17) is 0 Å². The van der Waals surface area contributed by atoms with E-state index >= 15 is 0 Å². The number of hydrogen-bond donors (Lipinski definition) is 2. The van der Waals surface area contributed by atoms with Crippen LogP contribution in [0.1, 0.15) is 25.3 Å². The van der Waals surface area contributed by atoms with Crippen molar-refractivity contribution in [2.24, 2.45) is 5.92 Å². The minimum Gasteiger partial charge on any atom is -0.316 e. The van der Waals surface area contributed by atoms with Crippen LogP contribution in [0.4, 0.5) is 0 Å². The van der Waals surface area contributed by atoms with Crippen molar-refractivity contribution in [2.45, 2.75) is 31.1 Å². The average Bonchev–Trinajstić information content (AvgIpc) is 2.92. The maximum absolute atomic E-state index is 12.1. The maximum Gasteiger partial charge on any atom is 0.240 e. The Bertz CT molecular complexity index is 508. The van der Waals surface area contributed by atoms with Crippen LogP contribution in [0, 0.1) is 5.92 Å². The molecule has 1 atom stereocenters. The van der Waals surface area contributed by atoms with Gasteiger partial charge in [0, 0.05) is 6.54 Å². The summed E-state index contributed by atoms with van der Waals surface area (Å²) in [6.07, 6.45) is 2.89. The molecule has 0 spiro atoms. The molecule has 1 saturated heterocycles. The van der Waals surface area contributed by atoms with E-state index in [2.05, 4.69) is 10.0 Å². The zero-order chi connectivity index (χ0) is 13.7. The van der Waals surface area contributed by atoms with Gasteiger partial charge in [-0.3, -0.25) is 0 Å². The maximum atomic E-state index is 12.1. The first-order valence-corrected chi connectivity index (χ1v) is 8.39. The molecule has 1 heterocycles. The molecular weight excluding hydrogens is 260 g/mol. The summed E-state index contributed by atoms with van der Waals surface area (Å²) in [7, 11) is -3.35. The Hall–Kier alpha value is -0.910. The lowest BCUT2D eigenvalue weighted by molar-refractivity contribution is 0.519. The van der Waals surface area contributed by atoms with E-state index in [-0.39, 0.29) is 0 Å². The first kappa shape index (κ1) is 14.5. The third-order valence-electron chi connectivity index (χ3n) is 3.62. The summed E-state index contributed by atoms with van der Waals surface area (Å²) in [5, 5.41) is 3.29. The summed E-state index contributed by atoms with van der Waals surface area (Å²) in [5.41, 5.74) is 1.04. The van der Waals surface area contributed by atoms with Crippen LogP contribution in [0.3, 0.4) is 0 Å². The van der Waals surface area contributed by atoms with Crippen LogP contribution >= 0.6 is 0 Å². The van der Waals surface area contributed by atoms with Gasteiger partial charge in [-0.1, -0.05) is 19.1 Å². The van der Waals surface area contributed by atoms with Crippen molar-refractivity contribution in [3.05, 3.63) is 29.8 Å². The van der Waals surface area contributed by atoms with E-state index in [9.17, 15) is 8.42 Å². The SMILES string of the molecule is CCc1cccc(S(=O)(=O)NCCC2CCNC2)c1. The fourth-order valence-electron chi connectivity index (χ4n) is 2.37. The molecule has 1 aliphatic rings. The Morgan fingerprint density at radius 2 is 2.26 bits per heavy atom. The van der Waals surface area contributed by atoms with Gasteiger partial charge in [0.1, 0.15) is 0 Å². The predicted molar refractivity (Wildman–Crippen MR) is 76.6 cm³/mol. The third kappa shape index (κ3) is 4.03. The number of nitrogens with one attached hydrogen (secondary N) is 2. The van der Waals surface area contributed by atoms with Gasteiger partial charge >= 0.3 is 0 Å². The molecule has 0 bridgehead atoms. The molecule has 19 heavy (non-hydrogen) atoms. The van der Waals surface area contributed by atoms with Gasteiger partial charge in [0.05, 0.1) is 4.90 Å². The quantitative estimate of drug-likeness (QED) is 0.832. The lowest BCUT2D eigenvalue weighted by atomic mass is 10.1. The van der Waals surface area contributed by atoms with Crippen LogP contribution in [-0.4, -0.2) is 28.1 Å². The van der Waals surface area contributed by atoms with Crippen LogP contribution in [0.15, 0.2) is 29.2 Å². The van der Waals surface area contributed by atoms with E-state index in [1.165, 1.54) is 0 Å². The molecule has 1 aromatic carbocycles. The Morgan fingerprint density at radius 1 is 1.42 bits per heavy atom. The largest absolute Gasteiger partial charge is 0.316 e. The van der Waals surface area contributed by atoms with E-state index < -0.39 is 10.0 Å². The van der Waals surface area contributed by atoms with E-state index in [0.717, 1.165) is 37.9 Å².